The maximum Gasteiger partial charge on any atom is 0.271 e. The number of hydrogen-bond donors (Lipinski definition) is 1. The summed E-state index contributed by atoms with van der Waals surface area (Å²) < 4.78 is 6.08. The lowest BCUT2D eigenvalue weighted by atomic mass is 10.0. The molecule has 4 aromatic rings. The van der Waals surface area contributed by atoms with E-state index in [2.05, 4.69) is 27.6 Å². The minimum absolute atomic E-state index is 0.276. The predicted octanol–water partition coefficient (Wildman–Crippen LogP) is 5.48. The highest BCUT2D eigenvalue weighted by atomic mass is 16.5. The molecule has 1 amide bonds. The second-order valence-electron chi connectivity index (χ2n) is 7.20. The molecule has 5 nitrogen and oxygen atoms in total. The molecule has 0 aliphatic rings. The Labute approximate surface area is 187 Å². The number of hydrogen-bond acceptors (Lipinski definition) is 4. The summed E-state index contributed by atoms with van der Waals surface area (Å²) in [5.41, 5.74) is 7.58. The zero-order chi connectivity index (χ0) is 22.2. The van der Waals surface area contributed by atoms with Gasteiger partial charge in [-0.2, -0.15) is 5.10 Å². The van der Waals surface area contributed by atoms with Gasteiger partial charge in [-0.05, 0) is 48.4 Å². The van der Waals surface area contributed by atoms with Gasteiger partial charge in [-0.3, -0.25) is 9.78 Å². The number of benzene rings is 3. The van der Waals surface area contributed by atoms with Gasteiger partial charge >= 0.3 is 0 Å². The first kappa shape index (κ1) is 21.0. The molecule has 0 unspecified atom stereocenters. The van der Waals surface area contributed by atoms with E-state index >= 15 is 0 Å². The number of carbonyl (C=O) groups is 1. The third kappa shape index (κ3) is 5.26. The van der Waals surface area contributed by atoms with E-state index in [1.807, 2.05) is 72.8 Å². The lowest BCUT2D eigenvalue weighted by Crippen LogP contribution is -2.19. The summed E-state index contributed by atoms with van der Waals surface area (Å²) in [6, 6.07) is 31.0. The van der Waals surface area contributed by atoms with Crippen LogP contribution in [0, 0.1) is 0 Å². The molecule has 0 spiro atoms. The van der Waals surface area contributed by atoms with Crippen LogP contribution in [-0.4, -0.2) is 16.6 Å². The molecule has 1 aromatic heterocycles. The number of amides is 1. The maximum absolute atomic E-state index is 12.4. The molecule has 32 heavy (non-hydrogen) atoms. The Balaban J connectivity index is 1.38. The second-order valence-corrected chi connectivity index (χ2v) is 7.20. The quantitative estimate of drug-likeness (QED) is 0.317. The molecule has 158 valence electrons. The van der Waals surface area contributed by atoms with E-state index in [4.69, 9.17) is 4.74 Å². The van der Waals surface area contributed by atoms with Gasteiger partial charge in [0, 0.05) is 17.3 Å². The fourth-order valence-corrected chi connectivity index (χ4v) is 3.20. The average molecular weight is 422 g/mol. The molecular weight excluding hydrogens is 398 g/mol. The van der Waals surface area contributed by atoms with E-state index in [0.29, 0.717) is 17.9 Å². The third-order valence-electron chi connectivity index (χ3n) is 4.94. The van der Waals surface area contributed by atoms with Gasteiger partial charge in [-0.25, -0.2) is 5.43 Å². The van der Waals surface area contributed by atoms with Gasteiger partial charge in [0.2, 0.25) is 0 Å². The molecule has 1 heterocycles. The summed E-state index contributed by atoms with van der Waals surface area (Å²) in [6.07, 6.45) is 1.69. The van der Waals surface area contributed by atoms with E-state index in [-0.39, 0.29) is 5.91 Å². The smallest absolute Gasteiger partial charge is 0.271 e. The molecule has 0 saturated carbocycles. The number of carbonyl (C=O) groups excluding carboxylic acids is 1. The SMILES string of the molecule is C/C(=N/NC(=O)c1ccc(COc2ccccc2-c2ccccc2)cc1)c1ccccn1. The minimum Gasteiger partial charge on any atom is -0.488 e. The number of para-hydroxylation sites is 1. The first-order valence-electron chi connectivity index (χ1n) is 10.3. The Bertz CT molecular complexity index is 1200. The van der Waals surface area contributed by atoms with Gasteiger partial charge < -0.3 is 4.74 Å². The van der Waals surface area contributed by atoms with Crippen molar-refractivity contribution in [2.75, 3.05) is 0 Å². The fourth-order valence-electron chi connectivity index (χ4n) is 3.20. The molecule has 3 aromatic carbocycles. The zero-order valence-electron chi connectivity index (χ0n) is 17.7. The van der Waals surface area contributed by atoms with E-state index in [0.717, 1.165) is 28.1 Å². The molecule has 0 bridgehead atoms. The topological polar surface area (TPSA) is 63.6 Å². The fraction of sp³-hybridized carbons (Fsp3) is 0.0741. The molecule has 0 saturated heterocycles. The summed E-state index contributed by atoms with van der Waals surface area (Å²) >= 11 is 0. The number of pyridine rings is 1. The maximum atomic E-state index is 12.4. The van der Waals surface area contributed by atoms with Gasteiger partial charge in [0.05, 0.1) is 11.4 Å². The number of hydrazone groups is 1. The summed E-state index contributed by atoms with van der Waals surface area (Å²) in [6.45, 7) is 2.21. The van der Waals surface area contributed by atoms with Crippen molar-refractivity contribution in [1.29, 1.82) is 0 Å². The molecule has 5 heteroatoms. The standard InChI is InChI=1S/C27H23N3O2/c1-20(25-12-7-8-18-28-25)29-30-27(31)23-16-14-21(15-17-23)19-32-26-13-6-5-11-24(26)22-9-3-2-4-10-22/h2-18H,19H2,1H3,(H,30,31)/b29-20-. The van der Waals surface area contributed by atoms with Crippen molar-refractivity contribution in [2.45, 2.75) is 13.5 Å². The molecule has 0 radical (unpaired) electrons. The van der Waals surface area contributed by atoms with E-state index < -0.39 is 0 Å². The van der Waals surface area contributed by atoms with Gasteiger partial charge in [0.1, 0.15) is 12.4 Å². The van der Waals surface area contributed by atoms with E-state index in [9.17, 15) is 4.79 Å². The number of nitrogens with one attached hydrogen (secondary N) is 1. The first-order valence-corrected chi connectivity index (χ1v) is 10.3. The Morgan fingerprint density at radius 1 is 0.875 bits per heavy atom. The third-order valence-corrected chi connectivity index (χ3v) is 4.94. The zero-order valence-corrected chi connectivity index (χ0v) is 17.7. The van der Waals surface area contributed by atoms with Crippen molar-refractivity contribution in [1.82, 2.24) is 10.4 Å². The van der Waals surface area contributed by atoms with Crippen LogP contribution >= 0.6 is 0 Å². The van der Waals surface area contributed by atoms with Crippen LogP contribution in [-0.2, 0) is 6.61 Å². The predicted molar refractivity (Wildman–Crippen MR) is 127 cm³/mol. The molecule has 1 N–H and O–H groups in total. The van der Waals surface area contributed by atoms with Crippen molar-refractivity contribution in [2.24, 2.45) is 5.10 Å². The summed E-state index contributed by atoms with van der Waals surface area (Å²) in [4.78, 5) is 16.6. The van der Waals surface area contributed by atoms with E-state index in [1.165, 1.54) is 0 Å². The Kier molecular flexibility index (Phi) is 6.68. The summed E-state index contributed by atoms with van der Waals surface area (Å²) in [7, 11) is 0. The lowest BCUT2D eigenvalue weighted by Gasteiger charge is -2.12. The monoisotopic (exact) mass is 421 g/mol. The van der Waals surface area contributed by atoms with Crippen LogP contribution < -0.4 is 10.2 Å². The van der Waals surface area contributed by atoms with E-state index in [1.54, 1.807) is 25.3 Å². The molecule has 0 aliphatic heterocycles. The van der Waals surface area contributed by atoms with Crippen LogP contribution in [0.25, 0.3) is 11.1 Å². The minimum atomic E-state index is -0.276. The number of nitrogens with zero attached hydrogens (tertiary/aromatic N) is 2. The van der Waals surface area contributed by atoms with Crippen molar-refractivity contribution in [3.8, 4) is 16.9 Å². The van der Waals surface area contributed by atoms with Crippen LogP contribution in [0.4, 0.5) is 0 Å². The number of rotatable bonds is 7. The molecule has 4 rings (SSSR count). The van der Waals surface area contributed by atoms with Crippen LogP contribution in [0.3, 0.4) is 0 Å². The second kappa shape index (κ2) is 10.2. The summed E-state index contributed by atoms with van der Waals surface area (Å²) in [5.74, 6) is 0.544. The molecule has 0 atom stereocenters. The Hall–Kier alpha value is -4.25. The highest BCUT2D eigenvalue weighted by Gasteiger charge is 2.08. The Morgan fingerprint density at radius 2 is 1.59 bits per heavy atom. The van der Waals surface area contributed by atoms with Crippen molar-refractivity contribution >= 4 is 11.6 Å². The van der Waals surface area contributed by atoms with Gasteiger partial charge in [0.25, 0.3) is 5.91 Å². The summed E-state index contributed by atoms with van der Waals surface area (Å²) in [5, 5.41) is 4.14. The average Bonchev–Trinajstić information content (AvgIpc) is 2.87. The highest BCUT2D eigenvalue weighted by Crippen LogP contribution is 2.30. The largest absolute Gasteiger partial charge is 0.488 e. The number of aromatic nitrogens is 1. The Morgan fingerprint density at radius 3 is 2.34 bits per heavy atom. The highest BCUT2D eigenvalue weighted by molar-refractivity contribution is 5.99. The molecule has 0 fully saturated rings. The number of ether oxygens (including phenoxy) is 1. The lowest BCUT2D eigenvalue weighted by molar-refractivity contribution is 0.0955. The normalized spacial score (nSPS) is 11.1. The van der Waals surface area contributed by atoms with Crippen molar-refractivity contribution < 1.29 is 9.53 Å². The van der Waals surface area contributed by atoms with Crippen LogP contribution in [0.1, 0.15) is 28.5 Å². The first-order chi connectivity index (χ1) is 15.7. The van der Waals surface area contributed by atoms with Gasteiger partial charge in [-0.1, -0.05) is 66.7 Å². The van der Waals surface area contributed by atoms with Crippen LogP contribution in [0.2, 0.25) is 0 Å². The molecular formula is C27H23N3O2. The van der Waals surface area contributed by atoms with Gasteiger partial charge in [0.15, 0.2) is 0 Å². The van der Waals surface area contributed by atoms with Crippen molar-refractivity contribution in [3.63, 3.8) is 0 Å². The van der Waals surface area contributed by atoms with Crippen LogP contribution in [0.15, 0.2) is 108 Å². The van der Waals surface area contributed by atoms with Crippen molar-refractivity contribution in [3.05, 3.63) is 120 Å². The van der Waals surface area contributed by atoms with Crippen LogP contribution in [0.5, 0.6) is 5.75 Å². The molecule has 0 aliphatic carbocycles. The van der Waals surface area contributed by atoms with Gasteiger partial charge in [-0.15, -0.1) is 0 Å².